The minimum Gasteiger partial charge on any atom is -0.494 e. The highest BCUT2D eigenvalue weighted by Crippen LogP contribution is 2.24. The molecule has 0 unspecified atom stereocenters. The van der Waals surface area contributed by atoms with Crippen molar-refractivity contribution in [3.63, 3.8) is 0 Å². The van der Waals surface area contributed by atoms with Crippen LogP contribution >= 0.6 is 0 Å². The van der Waals surface area contributed by atoms with Crippen LogP contribution in [-0.4, -0.2) is 77.1 Å². The number of aromatic nitrogens is 2. The number of rotatable bonds is 6. The number of hydrogen-bond donors (Lipinski definition) is 2. The summed E-state index contributed by atoms with van der Waals surface area (Å²) < 4.78 is 5.57. The van der Waals surface area contributed by atoms with Crippen molar-refractivity contribution in [2.24, 2.45) is 0 Å². The van der Waals surface area contributed by atoms with E-state index in [9.17, 15) is 5.11 Å². The zero-order valence-corrected chi connectivity index (χ0v) is 15.6. The third-order valence-corrected chi connectivity index (χ3v) is 4.71. The van der Waals surface area contributed by atoms with Crippen LogP contribution in [-0.2, 0) is 0 Å². The minimum atomic E-state index is -0.680. The second kappa shape index (κ2) is 8.62. The van der Waals surface area contributed by atoms with Crippen LogP contribution < -0.4 is 9.64 Å². The predicted octanol–water partition coefficient (Wildman–Crippen LogP) is 1.20. The Bertz CT molecular complexity index is 740. The molecule has 0 saturated carbocycles. The number of β-amino-alcohol motifs (C(OH)–C–C–N with tert-alkyl or cyclic N) is 1. The maximum absolute atomic E-state index is 9.66. The van der Waals surface area contributed by atoms with Gasteiger partial charge in [-0.15, -0.1) is 0 Å². The van der Waals surface area contributed by atoms with Gasteiger partial charge in [0.15, 0.2) is 0 Å². The van der Waals surface area contributed by atoms with E-state index >= 15 is 0 Å². The smallest absolute Gasteiger partial charge is 0.226 e. The Kier molecular flexibility index (Phi) is 6.24. The summed E-state index contributed by atoms with van der Waals surface area (Å²) in [6, 6.07) is 5.93. The van der Waals surface area contributed by atoms with Crippen molar-refractivity contribution in [3.8, 4) is 5.75 Å². The van der Waals surface area contributed by atoms with Crippen LogP contribution in [0.4, 0.5) is 5.95 Å². The van der Waals surface area contributed by atoms with Crippen LogP contribution in [0.15, 0.2) is 18.2 Å². The number of nitrogens with zero attached hydrogens (tertiary/aromatic N) is 4. The number of anilines is 1. The second-order valence-corrected chi connectivity index (χ2v) is 6.70. The SMILES string of the molecule is CCOc1ccc2nc(N3CCCN(C[C@H](O)CO)CC3)nc(C)c2c1. The van der Waals surface area contributed by atoms with Gasteiger partial charge in [-0.25, -0.2) is 9.97 Å². The van der Waals surface area contributed by atoms with Crippen LogP contribution in [0, 0.1) is 6.92 Å². The first-order valence-electron chi connectivity index (χ1n) is 9.28. The Labute approximate surface area is 154 Å². The molecule has 0 aliphatic carbocycles. The lowest BCUT2D eigenvalue weighted by atomic mass is 10.2. The Hall–Kier alpha value is -1.96. The molecular formula is C19H28N4O3. The predicted molar refractivity (Wildman–Crippen MR) is 102 cm³/mol. The van der Waals surface area contributed by atoms with Crippen molar-refractivity contribution in [1.82, 2.24) is 14.9 Å². The zero-order valence-electron chi connectivity index (χ0n) is 15.6. The van der Waals surface area contributed by atoms with Gasteiger partial charge in [-0.2, -0.15) is 0 Å². The maximum atomic E-state index is 9.66. The van der Waals surface area contributed by atoms with E-state index in [-0.39, 0.29) is 6.61 Å². The molecule has 0 amide bonds. The number of hydrogen-bond acceptors (Lipinski definition) is 7. The van der Waals surface area contributed by atoms with Crippen LogP contribution in [0.3, 0.4) is 0 Å². The van der Waals surface area contributed by atoms with Crippen molar-refractivity contribution >= 4 is 16.9 Å². The lowest BCUT2D eigenvalue weighted by molar-refractivity contribution is 0.0612. The quantitative estimate of drug-likeness (QED) is 0.801. The standard InChI is InChI=1S/C19H28N4O3/c1-3-26-16-5-6-18-17(11-16)14(2)20-19(21-18)23-8-4-7-22(9-10-23)12-15(25)13-24/h5-6,11,15,24-25H,3-4,7-10,12-13H2,1-2H3/t15-/m0/s1. The summed E-state index contributed by atoms with van der Waals surface area (Å²) in [4.78, 5) is 13.9. The monoisotopic (exact) mass is 360 g/mol. The Morgan fingerprint density at radius 1 is 1.19 bits per heavy atom. The van der Waals surface area contributed by atoms with E-state index in [1.807, 2.05) is 32.0 Å². The summed E-state index contributed by atoms with van der Waals surface area (Å²) in [5, 5.41) is 19.7. The Morgan fingerprint density at radius 3 is 2.81 bits per heavy atom. The lowest BCUT2D eigenvalue weighted by Crippen LogP contribution is -2.37. The molecule has 0 radical (unpaired) electrons. The van der Waals surface area contributed by atoms with Gasteiger partial charge in [0.05, 0.1) is 30.5 Å². The maximum Gasteiger partial charge on any atom is 0.226 e. The Morgan fingerprint density at radius 2 is 2.04 bits per heavy atom. The number of benzene rings is 1. The normalized spacial score (nSPS) is 17.3. The topological polar surface area (TPSA) is 82.0 Å². The highest BCUT2D eigenvalue weighted by Gasteiger charge is 2.19. The molecule has 7 nitrogen and oxygen atoms in total. The summed E-state index contributed by atoms with van der Waals surface area (Å²) in [5.74, 6) is 1.59. The molecule has 1 aromatic carbocycles. The Balaban J connectivity index is 1.76. The fraction of sp³-hybridized carbons (Fsp3) is 0.579. The van der Waals surface area contributed by atoms with Crippen LogP contribution in [0.2, 0.25) is 0 Å². The average molecular weight is 360 g/mol. The number of fused-ring (bicyclic) bond motifs is 1. The van der Waals surface area contributed by atoms with E-state index in [2.05, 4.69) is 9.80 Å². The summed E-state index contributed by atoms with van der Waals surface area (Å²) in [6.45, 7) is 8.33. The van der Waals surface area contributed by atoms with Crippen LogP contribution in [0.25, 0.3) is 10.9 Å². The summed E-state index contributed by atoms with van der Waals surface area (Å²) >= 11 is 0. The van der Waals surface area contributed by atoms with E-state index in [0.29, 0.717) is 13.2 Å². The molecular weight excluding hydrogens is 332 g/mol. The van der Waals surface area contributed by atoms with Gasteiger partial charge < -0.3 is 19.8 Å². The third kappa shape index (κ3) is 4.41. The van der Waals surface area contributed by atoms with Gasteiger partial charge >= 0.3 is 0 Å². The van der Waals surface area contributed by atoms with E-state index in [4.69, 9.17) is 19.8 Å². The number of aliphatic hydroxyl groups excluding tert-OH is 2. The molecule has 1 aromatic heterocycles. The molecule has 1 atom stereocenters. The van der Waals surface area contributed by atoms with E-state index < -0.39 is 6.10 Å². The molecule has 2 heterocycles. The zero-order chi connectivity index (χ0) is 18.5. The molecule has 2 N–H and O–H groups in total. The molecule has 0 spiro atoms. The van der Waals surface area contributed by atoms with E-state index in [0.717, 1.165) is 60.9 Å². The van der Waals surface area contributed by atoms with Crippen LogP contribution in [0.5, 0.6) is 5.75 Å². The largest absolute Gasteiger partial charge is 0.494 e. The van der Waals surface area contributed by atoms with Crippen molar-refractivity contribution in [2.75, 3.05) is 50.8 Å². The molecule has 1 aliphatic heterocycles. The second-order valence-electron chi connectivity index (χ2n) is 6.70. The molecule has 142 valence electrons. The highest BCUT2D eigenvalue weighted by atomic mass is 16.5. The van der Waals surface area contributed by atoms with Gasteiger partial charge in [0.25, 0.3) is 0 Å². The lowest BCUT2D eigenvalue weighted by Gasteiger charge is -2.23. The molecule has 2 aromatic rings. The number of aliphatic hydroxyl groups is 2. The highest BCUT2D eigenvalue weighted by molar-refractivity contribution is 5.83. The van der Waals surface area contributed by atoms with Crippen molar-refractivity contribution in [3.05, 3.63) is 23.9 Å². The molecule has 7 heteroatoms. The van der Waals surface area contributed by atoms with Crippen LogP contribution in [0.1, 0.15) is 19.0 Å². The van der Waals surface area contributed by atoms with Crippen molar-refractivity contribution in [1.29, 1.82) is 0 Å². The first kappa shape index (κ1) is 18.8. The number of aryl methyl sites for hydroxylation is 1. The number of ether oxygens (including phenoxy) is 1. The van der Waals surface area contributed by atoms with Gasteiger partial charge in [-0.1, -0.05) is 0 Å². The minimum absolute atomic E-state index is 0.197. The molecule has 1 fully saturated rings. The molecule has 0 bridgehead atoms. The molecule has 3 rings (SSSR count). The summed E-state index contributed by atoms with van der Waals surface area (Å²) in [7, 11) is 0. The molecule has 1 saturated heterocycles. The summed E-state index contributed by atoms with van der Waals surface area (Å²) in [6.07, 6.45) is 0.294. The molecule has 26 heavy (non-hydrogen) atoms. The van der Waals surface area contributed by atoms with Gasteiger partial charge in [0.2, 0.25) is 5.95 Å². The van der Waals surface area contributed by atoms with Gasteiger partial charge in [0, 0.05) is 31.6 Å². The average Bonchev–Trinajstić information content (AvgIpc) is 2.88. The van der Waals surface area contributed by atoms with Crippen molar-refractivity contribution < 1.29 is 14.9 Å². The fourth-order valence-corrected chi connectivity index (χ4v) is 3.35. The third-order valence-electron chi connectivity index (χ3n) is 4.71. The first-order valence-corrected chi connectivity index (χ1v) is 9.28. The molecule has 1 aliphatic rings. The van der Waals surface area contributed by atoms with Gasteiger partial charge in [0.1, 0.15) is 5.75 Å². The van der Waals surface area contributed by atoms with Gasteiger partial charge in [-0.05, 0) is 45.0 Å². The van der Waals surface area contributed by atoms with Gasteiger partial charge in [-0.3, -0.25) is 4.90 Å². The van der Waals surface area contributed by atoms with E-state index in [1.165, 1.54) is 0 Å². The fourth-order valence-electron chi connectivity index (χ4n) is 3.35. The van der Waals surface area contributed by atoms with E-state index in [1.54, 1.807) is 0 Å². The van der Waals surface area contributed by atoms with Crippen molar-refractivity contribution in [2.45, 2.75) is 26.4 Å². The summed E-state index contributed by atoms with van der Waals surface area (Å²) in [5.41, 5.74) is 1.87. The first-order chi connectivity index (χ1) is 12.6.